The van der Waals surface area contributed by atoms with Gasteiger partial charge in [0.25, 0.3) is 11.8 Å². The maximum absolute atomic E-state index is 15.4. The smallest absolute Gasteiger partial charge is 0.269 e. The van der Waals surface area contributed by atoms with Gasteiger partial charge in [-0.2, -0.15) is 0 Å². The number of aryl methyl sites for hydroxylation is 2. The Bertz CT molecular complexity index is 3300. The molecule has 1 fully saturated rings. The van der Waals surface area contributed by atoms with Gasteiger partial charge in [-0.3, -0.25) is 38.4 Å². The molecule has 1 saturated heterocycles. The van der Waals surface area contributed by atoms with Crippen LogP contribution >= 0.6 is 0 Å². The van der Waals surface area contributed by atoms with E-state index in [2.05, 4.69) is 43.3 Å². The quantitative estimate of drug-likeness (QED) is 0.0506. The lowest BCUT2D eigenvalue weighted by Gasteiger charge is -2.41. The van der Waals surface area contributed by atoms with Crippen molar-refractivity contribution >= 4 is 53.0 Å². The molecule has 0 spiro atoms. The fourth-order valence-electron chi connectivity index (χ4n) is 12.4. The number of ether oxygens (including phenoxy) is 1. The van der Waals surface area contributed by atoms with Crippen LogP contribution in [0.4, 0.5) is 0 Å². The summed E-state index contributed by atoms with van der Waals surface area (Å²) in [6, 6.07) is 21.6. The van der Waals surface area contributed by atoms with Crippen LogP contribution in [0.5, 0.6) is 5.75 Å². The van der Waals surface area contributed by atoms with Crippen molar-refractivity contribution in [2.24, 2.45) is 21.2 Å². The summed E-state index contributed by atoms with van der Waals surface area (Å²) >= 11 is 0. The molecular formula is C70H94N10O9. The van der Waals surface area contributed by atoms with E-state index in [1.807, 2.05) is 130 Å². The zero-order valence-corrected chi connectivity index (χ0v) is 54.4. The van der Waals surface area contributed by atoms with E-state index in [-0.39, 0.29) is 62.2 Å². The number of fused-ring (bicyclic) bond motifs is 3. The lowest BCUT2D eigenvalue weighted by molar-refractivity contribution is -0.147. The molecule has 0 bridgehead atoms. The van der Waals surface area contributed by atoms with Crippen molar-refractivity contribution < 1.29 is 43.1 Å². The molecule has 478 valence electrons. The molecule has 4 aliphatic rings. The van der Waals surface area contributed by atoms with Crippen LogP contribution in [0.1, 0.15) is 171 Å². The number of aliphatic imine (C=N–C) groups is 1. The number of rotatable bonds is 19. The normalized spacial score (nSPS) is 20.5. The molecule has 8 rings (SSSR count). The van der Waals surface area contributed by atoms with Crippen LogP contribution in [0.25, 0.3) is 0 Å². The second kappa shape index (κ2) is 28.4. The van der Waals surface area contributed by atoms with Gasteiger partial charge in [-0.25, -0.2) is 4.99 Å². The Morgan fingerprint density at radius 2 is 1.24 bits per heavy atom. The van der Waals surface area contributed by atoms with E-state index in [0.717, 1.165) is 65.5 Å². The largest absolute Gasteiger partial charge is 0.489 e. The first-order chi connectivity index (χ1) is 42.1. The van der Waals surface area contributed by atoms with Gasteiger partial charge in [0.15, 0.2) is 0 Å². The number of carbonyl (C=O) groups excluding carboxylic acids is 8. The minimum absolute atomic E-state index is 0.0200. The summed E-state index contributed by atoms with van der Waals surface area (Å²) in [6.45, 7) is 22.8. The molecule has 19 nitrogen and oxygen atoms in total. The monoisotopic (exact) mass is 1220 g/mol. The highest BCUT2D eigenvalue weighted by Gasteiger charge is 2.47. The first kappa shape index (κ1) is 67.2. The van der Waals surface area contributed by atoms with E-state index in [1.165, 1.54) is 15.4 Å². The van der Waals surface area contributed by atoms with Gasteiger partial charge in [-0.05, 0) is 152 Å². The maximum atomic E-state index is 15.4. The van der Waals surface area contributed by atoms with Gasteiger partial charge in [-0.1, -0.05) is 136 Å². The predicted molar refractivity (Wildman–Crippen MR) is 344 cm³/mol. The van der Waals surface area contributed by atoms with Crippen LogP contribution in [0.3, 0.4) is 0 Å². The van der Waals surface area contributed by atoms with Crippen molar-refractivity contribution in [2.75, 3.05) is 20.1 Å². The van der Waals surface area contributed by atoms with Gasteiger partial charge >= 0.3 is 0 Å². The second-order valence-electron chi connectivity index (χ2n) is 27.8. The van der Waals surface area contributed by atoms with E-state index >= 15 is 4.79 Å². The van der Waals surface area contributed by atoms with Crippen LogP contribution in [0, 0.1) is 16.2 Å². The molecule has 2 heterocycles. The molecule has 7 unspecified atom stereocenters. The van der Waals surface area contributed by atoms with E-state index in [9.17, 15) is 33.6 Å². The standard InChI is InChI=1S/C70H94N10O9/c1-14-72-42(3)61(82)76-57(68(4,5)6)65(86)78-59(70(10,11)12)66(87)79-38-48-35-50(34-33-47(48)36-55(79)63(84)74-53-27-19-23-44-21-15-17-25-51(44)53)89-40-43-29-31-46(32-30-43)62(83)73-49-37-56(64(85)75-54-28-20-24-45-22-16-18-26-52(45)54)80(39-49)67(88)58(69(7,8)9)77-60(81)41(2)71-13/h15-18,21-22,25-26,29-35,41-42,49,54-59,71-72H,14,19-20,23-24,27-28,36-40H2,1-13H3,(H,73,83)(H,75,85)(H,76,82)(H,77,81)(H,78,86)/t41-,42?,49?,54?,55?,56?,57+,58?,59?/m0/s1. The molecule has 0 saturated carbocycles. The lowest BCUT2D eigenvalue weighted by Crippen LogP contribution is -2.63. The summed E-state index contributed by atoms with van der Waals surface area (Å²) in [5.74, 6) is -2.74. The average molecular weight is 1220 g/mol. The summed E-state index contributed by atoms with van der Waals surface area (Å²) < 4.78 is 6.38. The van der Waals surface area contributed by atoms with Crippen LogP contribution < -0.4 is 42.0 Å². The average Bonchev–Trinajstić information content (AvgIpc) is 1.75. The number of hydrogen-bond acceptors (Lipinski definition) is 11. The maximum Gasteiger partial charge on any atom is 0.269 e. The molecule has 7 N–H and O–H groups in total. The molecule has 2 aliphatic heterocycles. The number of nitrogens with zero attached hydrogens (tertiary/aromatic N) is 3. The highest BCUT2D eigenvalue weighted by atomic mass is 16.5. The number of carbonyl (C=O) groups is 8. The van der Waals surface area contributed by atoms with E-state index < -0.39 is 88.2 Å². The summed E-state index contributed by atoms with van der Waals surface area (Å²) in [4.78, 5) is 122. The molecule has 89 heavy (non-hydrogen) atoms. The number of nitrogens with one attached hydrogen (secondary N) is 7. The number of hydrogen-bond donors (Lipinski definition) is 7. The molecule has 19 heteroatoms. The fourth-order valence-corrected chi connectivity index (χ4v) is 12.4. The first-order valence-corrected chi connectivity index (χ1v) is 31.7. The van der Waals surface area contributed by atoms with Crippen molar-refractivity contribution in [2.45, 2.75) is 202 Å². The minimum Gasteiger partial charge on any atom is -0.489 e. The Kier molecular flexibility index (Phi) is 21.4. The molecule has 4 aromatic carbocycles. The van der Waals surface area contributed by atoms with Crippen molar-refractivity contribution in [3.05, 3.63) is 136 Å². The third-order valence-electron chi connectivity index (χ3n) is 17.8. The van der Waals surface area contributed by atoms with Crippen molar-refractivity contribution in [1.82, 2.24) is 47.0 Å². The van der Waals surface area contributed by atoms with Crippen molar-refractivity contribution in [3.8, 4) is 5.75 Å². The number of likely N-dealkylation sites (N-methyl/N-ethyl adjacent to an activating group) is 2. The molecule has 2 aliphatic carbocycles. The molecule has 8 amide bonds. The summed E-state index contributed by atoms with van der Waals surface area (Å²) in [5.41, 5.74) is 5.39. The molecule has 0 aromatic heterocycles. The third kappa shape index (κ3) is 16.4. The Morgan fingerprint density at radius 1 is 0.629 bits per heavy atom. The number of benzene rings is 4. The summed E-state index contributed by atoms with van der Waals surface area (Å²) in [6.07, 6.45) is 5.23. The SMILES string of the molecule is CCNC(C)C(=O)N[C@H](C(=O)NC(C(=O)N1Cc2cc(OCc3ccc(C(=O)NC4CC(C(=O)NC5CCCc6ccccc65)N(C(=O)C(NC(=O)[C@H](C)NC)C(C)(C)C)C4)cc3)ccc2CC1C(=O)N=C1CCCc2ccccc21)C(C)(C)C)C(C)(C)C. The Labute approximate surface area is 525 Å². The lowest BCUT2D eigenvalue weighted by atomic mass is 9.82. The minimum atomic E-state index is -1.11. The summed E-state index contributed by atoms with van der Waals surface area (Å²) in [7, 11) is 1.67. The van der Waals surface area contributed by atoms with E-state index in [1.54, 1.807) is 45.2 Å². The topological polar surface area (TPSA) is 249 Å². The van der Waals surface area contributed by atoms with Crippen LogP contribution in [-0.4, -0.2) is 131 Å². The van der Waals surface area contributed by atoms with E-state index in [4.69, 9.17) is 9.73 Å². The van der Waals surface area contributed by atoms with Gasteiger partial charge in [0.1, 0.15) is 42.6 Å². The Hall–Kier alpha value is -7.77. The predicted octanol–water partition coefficient (Wildman–Crippen LogP) is 6.96. The van der Waals surface area contributed by atoms with Gasteiger partial charge in [0, 0.05) is 31.1 Å². The molecular weight excluding hydrogens is 1120 g/mol. The number of likely N-dealkylation sites (tertiary alicyclic amines) is 1. The zero-order valence-electron chi connectivity index (χ0n) is 54.4. The van der Waals surface area contributed by atoms with Crippen LogP contribution in [0.2, 0.25) is 0 Å². The zero-order chi connectivity index (χ0) is 64.7. The van der Waals surface area contributed by atoms with Gasteiger partial charge in [-0.15, -0.1) is 0 Å². The molecule has 0 radical (unpaired) electrons. The fraction of sp³-hybridized carbons (Fsp3) is 0.529. The first-order valence-electron chi connectivity index (χ1n) is 31.7. The second-order valence-corrected chi connectivity index (χ2v) is 27.8. The highest BCUT2D eigenvalue weighted by molar-refractivity contribution is 6.09. The highest BCUT2D eigenvalue weighted by Crippen LogP contribution is 2.35. The van der Waals surface area contributed by atoms with Crippen molar-refractivity contribution in [3.63, 3.8) is 0 Å². The van der Waals surface area contributed by atoms with Gasteiger partial charge < -0.3 is 51.8 Å². The number of amides is 8. The van der Waals surface area contributed by atoms with Crippen LogP contribution in [-0.2, 0) is 66.0 Å². The Balaban J connectivity index is 0.986. The van der Waals surface area contributed by atoms with Gasteiger partial charge in [0.2, 0.25) is 35.4 Å². The third-order valence-corrected chi connectivity index (χ3v) is 17.8. The van der Waals surface area contributed by atoms with Gasteiger partial charge in [0.05, 0.1) is 23.8 Å². The van der Waals surface area contributed by atoms with Crippen LogP contribution in [0.15, 0.2) is 96.0 Å². The van der Waals surface area contributed by atoms with Crippen molar-refractivity contribution in [1.29, 1.82) is 0 Å². The summed E-state index contributed by atoms with van der Waals surface area (Å²) in [5, 5.41) is 21.3. The molecule has 9 atom stereocenters. The Morgan fingerprint density at radius 3 is 1.90 bits per heavy atom. The molecule has 4 aromatic rings. The van der Waals surface area contributed by atoms with E-state index in [0.29, 0.717) is 30.0 Å².